The SMILES string of the molecule is C[Si](C)(C)C1(Cc2ccccc2F)C=Cc2ccccc21. The van der Waals surface area contributed by atoms with E-state index in [-0.39, 0.29) is 10.9 Å². The van der Waals surface area contributed by atoms with E-state index < -0.39 is 8.07 Å². The van der Waals surface area contributed by atoms with Gasteiger partial charge in [-0.15, -0.1) is 0 Å². The largest absolute Gasteiger partial charge is 0.207 e. The maximum absolute atomic E-state index is 14.2. The van der Waals surface area contributed by atoms with E-state index in [1.165, 1.54) is 11.1 Å². The van der Waals surface area contributed by atoms with Gasteiger partial charge >= 0.3 is 0 Å². The van der Waals surface area contributed by atoms with Crippen molar-refractivity contribution in [3.63, 3.8) is 0 Å². The van der Waals surface area contributed by atoms with E-state index in [9.17, 15) is 4.39 Å². The van der Waals surface area contributed by atoms with Crippen LogP contribution in [0.3, 0.4) is 0 Å². The second kappa shape index (κ2) is 4.95. The molecule has 0 radical (unpaired) electrons. The van der Waals surface area contributed by atoms with Crippen molar-refractivity contribution in [3.05, 3.63) is 77.1 Å². The number of fused-ring (bicyclic) bond motifs is 1. The van der Waals surface area contributed by atoms with Gasteiger partial charge in [0, 0.05) is 5.04 Å². The van der Waals surface area contributed by atoms with Gasteiger partial charge in [0.2, 0.25) is 0 Å². The van der Waals surface area contributed by atoms with Crippen molar-refractivity contribution in [2.24, 2.45) is 0 Å². The highest BCUT2D eigenvalue weighted by Crippen LogP contribution is 2.45. The molecule has 1 unspecified atom stereocenters. The lowest BCUT2D eigenvalue weighted by Crippen LogP contribution is -2.49. The highest BCUT2D eigenvalue weighted by atomic mass is 28.3. The number of allylic oxidation sites excluding steroid dienone is 1. The summed E-state index contributed by atoms with van der Waals surface area (Å²) in [7, 11) is -1.58. The molecule has 1 atom stereocenters. The van der Waals surface area contributed by atoms with Gasteiger partial charge in [0.1, 0.15) is 5.82 Å². The van der Waals surface area contributed by atoms with E-state index in [4.69, 9.17) is 0 Å². The van der Waals surface area contributed by atoms with Crippen molar-refractivity contribution in [1.29, 1.82) is 0 Å². The van der Waals surface area contributed by atoms with Gasteiger partial charge in [-0.05, 0) is 29.2 Å². The average molecular weight is 296 g/mol. The van der Waals surface area contributed by atoms with E-state index in [1.54, 1.807) is 12.1 Å². The molecule has 0 bridgehead atoms. The smallest absolute Gasteiger partial charge is 0.126 e. The Kier molecular flexibility index (Phi) is 3.37. The van der Waals surface area contributed by atoms with Gasteiger partial charge in [0.15, 0.2) is 0 Å². The maximum Gasteiger partial charge on any atom is 0.126 e. The summed E-state index contributed by atoms with van der Waals surface area (Å²) in [5.74, 6) is -0.0899. The predicted octanol–water partition coefficient (Wildman–Crippen LogP) is 5.21. The van der Waals surface area contributed by atoms with Crippen LogP contribution in [0.25, 0.3) is 6.08 Å². The van der Waals surface area contributed by atoms with E-state index in [1.807, 2.05) is 12.1 Å². The molecule has 0 aromatic heterocycles. The van der Waals surface area contributed by atoms with Gasteiger partial charge in [-0.1, -0.05) is 74.3 Å². The maximum atomic E-state index is 14.2. The number of halogens is 1. The minimum Gasteiger partial charge on any atom is -0.207 e. The molecule has 0 amide bonds. The van der Waals surface area contributed by atoms with Crippen LogP contribution in [0.1, 0.15) is 16.7 Å². The molecule has 21 heavy (non-hydrogen) atoms. The Morgan fingerprint density at radius 3 is 2.33 bits per heavy atom. The highest BCUT2D eigenvalue weighted by Gasteiger charge is 2.46. The van der Waals surface area contributed by atoms with Crippen molar-refractivity contribution < 1.29 is 4.39 Å². The van der Waals surface area contributed by atoms with Crippen LogP contribution < -0.4 is 0 Å². The predicted molar refractivity (Wildman–Crippen MR) is 90.6 cm³/mol. The average Bonchev–Trinajstić information content (AvgIpc) is 2.82. The van der Waals surface area contributed by atoms with E-state index in [0.717, 1.165) is 12.0 Å². The minimum absolute atomic E-state index is 0.0220. The van der Waals surface area contributed by atoms with Crippen molar-refractivity contribution >= 4 is 14.1 Å². The van der Waals surface area contributed by atoms with Crippen LogP contribution in [0.4, 0.5) is 4.39 Å². The van der Waals surface area contributed by atoms with Crippen molar-refractivity contribution in [3.8, 4) is 0 Å². The van der Waals surface area contributed by atoms with Crippen molar-refractivity contribution in [2.45, 2.75) is 31.1 Å². The Hall–Kier alpha value is -1.67. The molecule has 0 saturated carbocycles. The van der Waals surface area contributed by atoms with Crippen LogP contribution in [0.5, 0.6) is 0 Å². The Balaban J connectivity index is 2.14. The fourth-order valence-corrected chi connectivity index (χ4v) is 5.73. The van der Waals surface area contributed by atoms with Gasteiger partial charge in [0.25, 0.3) is 0 Å². The molecule has 0 fully saturated rings. The molecule has 1 aliphatic carbocycles. The topological polar surface area (TPSA) is 0 Å². The molecule has 0 saturated heterocycles. The summed E-state index contributed by atoms with van der Waals surface area (Å²) >= 11 is 0. The van der Waals surface area contributed by atoms with Crippen molar-refractivity contribution in [1.82, 2.24) is 0 Å². The summed E-state index contributed by atoms with van der Waals surface area (Å²) in [6.07, 6.45) is 5.30. The summed E-state index contributed by atoms with van der Waals surface area (Å²) in [4.78, 5) is 0. The summed E-state index contributed by atoms with van der Waals surface area (Å²) in [5.41, 5.74) is 3.48. The molecular formula is C19H21FSi. The summed E-state index contributed by atoms with van der Waals surface area (Å²) < 4.78 is 14.2. The molecule has 3 rings (SSSR count). The fourth-order valence-electron chi connectivity index (χ4n) is 3.39. The third-order valence-electron chi connectivity index (χ3n) is 4.75. The first-order valence-corrected chi connectivity index (χ1v) is 11.0. The number of hydrogen-bond acceptors (Lipinski definition) is 0. The molecule has 2 aromatic rings. The van der Waals surface area contributed by atoms with Crippen LogP contribution in [0, 0.1) is 5.82 Å². The first kappa shape index (κ1) is 14.3. The van der Waals surface area contributed by atoms with Crippen LogP contribution in [-0.2, 0) is 11.5 Å². The molecule has 108 valence electrons. The summed E-state index contributed by atoms with van der Waals surface area (Å²) in [6.45, 7) is 7.13. The number of rotatable bonds is 3. The Bertz CT molecular complexity index is 697. The number of hydrogen-bond donors (Lipinski definition) is 0. The van der Waals surface area contributed by atoms with Gasteiger partial charge in [-0.3, -0.25) is 0 Å². The zero-order valence-electron chi connectivity index (χ0n) is 12.9. The third-order valence-corrected chi connectivity index (χ3v) is 8.04. The monoisotopic (exact) mass is 296 g/mol. The van der Waals surface area contributed by atoms with Crippen LogP contribution in [-0.4, -0.2) is 8.07 Å². The molecule has 0 spiro atoms. The minimum atomic E-state index is -1.58. The van der Waals surface area contributed by atoms with Crippen molar-refractivity contribution in [2.75, 3.05) is 0 Å². The van der Waals surface area contributed by atoms with Crippen LogP contribution in [0.2, 0.25) is 19.6 Å². The first-order chi connectivity index (χ1) is 9.94. The standard InChI is InChI=1S/C19H21FSi/c1-21(2,3)19(14-16-9-5-7-11-18(16)20)13-12-15-8-4-6-10-17(15)19/h4-13H,14H2,1-3H3. The molecule has 0 aliphatic heterocycles. The Morgan fingerprint density at radius 1 is 0.952 bits per heavy atom. The molecule has 0 N–H and O–H groups in total. The number of benzene rings is 2. The van der Waals surface area contributed by atoms with E-state index in [0.29, 0.717) is 0 Å². The van der Waals surface area contributed by atoms with Gasteiger partial charge in [-0.2, -0.15) is 0 Å². The van der Waals surface area contributed by atoms with Gasteiger partial charge < -0.3 is 0 Å². The molecule has 1 aliphatic rings. The third kappa shape index (κ3) is 2.28. The first-order valence-electron chi connectivity index (χ1n) is 7.46. The highest BCUT2D eigenvalue weighted by molar-refractivity contribution is 6.79. The Labute approximate surface area is 127 Å². The molecule has 2 heteroatoms. The van der Waals surface area contributed by atoms with Gasteiger partial charge in [0.05, 0.1) is 8.07 Å². The molecule has 0 nitrogen and oxygen atoms in total. The van der Waals surface area contributed by atoms with Gasteiger partial charge in [-0.25, -0.2) is 4.39 Å². The second-order valence-electron chi connectivity index (χ2n) is 6.91. The van der Waals surface area contributed by atoms with E-state index in [2.05, 4.69) is 56.1 Å². The lowest BCUT2D eigenvalue weighted by atomic mass is 9.92. The zero-order chi connectivity index (χ0) is 15.1. The lowest BCUT2D eigenvalue weighted by Gasteiger charge is -2.41. The van der Waals surface area contributed by atoms with E-state index >= 15 is 0 Å². The summed E-state index contributed by atoms with van der Waals surface area (Å²) in [6, 6.07) is 15.7. The Morgan fingerprint density at radius 2 is 1.62 bits per heavy atom. The quantitative estimate of drug-likeness (QED) is 0.682. The molecule has 0 heterocycles. The van der Waals surface area contributed by atoms with Crippen LogP contribution in [0.15, 0.2) is 54.6 Å². The second-order valence-corrected chi connectivity index (χ2v) is 12.3. The molecule has 2 aromatic carbocycles. The fraction of sp³-hybridized carbons (Fsp3) is 0.263. The molecular weight excluding hydrogens is 275 g/mol. The normalized spacial score (nSPS) is 20.6. The summed E-state index contributed by atoms with van der Waals surface area (Å²) in [5, 5.41) is -0.0220. The zero-order valence-corrected chi connectivity index (χ0v) is 13.9. The lowest BCUT2D eigenvalue weighted by molar-refractivity contribution is 0.592. The van der Waals surface area contributed by atoms with Crippen LogP contribution >= 0.6 is 0 Å².